The first-order valence-electron chi connectivity index (χ1n) is 4.58. The summed E-state index contributed by atoms with van der Waals surface area (Å²) in [4.78, 5) is 5.10. The van der Waals surface area contributed by atoms with Crippen LogP contribution in [-0.4, -0.2) is 10.1 Å². The zero-order chi connectivity index (χ0) is 10.7. The van der Waals surface area contributed by atoms with E-state index in [1.54, 1.807) is 23.7 Å². The van der Waals surface area contributed by atoms with E-state index in [4.69, 9.17) is 0 Å². The lowest BCUT2D eigenvalue weighted by molar-refractivity contribution is 0.179. The average molecular weight is 284 g/mol. The van der Waals surface area contributed by atoms with Crippen LogP contribution >= 0.6 is 27.3 Å². The Labute approximate surface area is 101 Å². The lowest BCUT2D eigenvalue weighted by atomic mass is 10.1. The molecule has 1 N–H and O–H groups in total. The highest BCUT2D eigenvalue weighted by molar-refractivity contribution is 9.11. The third-order valence-electron chi connectivity index (χ3n) is 2.11. The number of aliphatic hydroxyl groups is 1. The summed E-state index contributed by atoms with van der Waals surface area (Å²) in [5.74, 6) is 0. The summed E-state index contributed by atoms with van der Waals surface area (Å²) in [6.07, 6.45) is 3.60. The number of aromatic nitrogens is 1. The zero-order valence-corrected chi connectivity index (χ0v) is 10.3. The number of thiophene rings is 1. The summed E-state index contributed by atoms with van der Waals surface area (Å²) in [6, 6.07) is 7.71. The molecule has 2 heterocycles. The predicted molar refractivity (Wildman–Crippen MR) is 64.9 cm³/mol. The molecule has 0 fully saturated rings. The maximum absolute atomic E-state index is 9.95. The Morgan fingerprint density at radius 1 is 1.27 bits per heavy atom. The Kier molecular flexibility index (Phi) is 3.51. The van der Waals surface area contributed by atoms with Crippen LogP contribution in [0.2, 0.25) is 0 Å². The van der Waals surface area contributed by atoms with Gasteiger partial charge in [0, 0.05) is 23.7 Å². The van der Waals surface area contributed by atoms with Crippen molar-refractivity contribution in [3.8, 4) is 0 Å². The maximum Gasteiger partial charge on any atom is 0.0839 e. The minimum absolute atomic E-state index is 0.446. The third kappa shape index (κ3) is 2.87. The van der Waals surface area contributed by atoms with Crippen LogP contribution in [0.5, 0.6) is 0 Å². The van der Waals surface area contributed by atoms with E-state index in [1.807, 2.05) is 24.3 Å². The van der Waals surface area contributed by atoms with E-state index in [9.17, 15) is 5.11 Å². The SMILES string of the molecule is OC(Cc1ccc(Br)s1)c1ccncc1. The molecule has 4 heteroatoms. The molecule has 0 aliphatic carbocycles. The molecule has 2 nitrogen and oxygen atoms in total. The Hall–Kier alpha value is -0.710. The quantitative estimate of drug-likeness (QED) is 0.939. The maximum atomic E-state index is 9.95. The highest BCUT2D eigenvalue weighted by Gasteiger charge is 2.09. The molecular formula is C11H10BrNOS. The van der Waals surface area contributed by atoms with Crippen LogP contribution in [0, 0.1) is 0 Å². The topological polar surface area (TPSA) is 33.1 Å². The molecule has 1 atom stereocenters. The Balaban J connectivity index is 2.07. The molecular weight excluding hydrogens is 274 g/mol. The van der Waals surface area contributed by atoms with E-state index in [2.05, 4.69) is 20.9 Å². The number of aliphatic hydroxyl groups excluding tert-OH is 1. The van der Waals surface area contributed by atoms with Crippen LogP contribution in [0.3, 0.4) is 0 Å². The summed E-state index contributed by atoms with van der Waals surface area (Å²) in [6.45, 7) is 0. The first kappa shape index (κ1) is 10.8. The van der Waals surface area contributed by atoms with Crippen molar-refractivity contribution >= 4 is 27.3 Å². The summed E-state index contributed by atoms with van der Waals surface area (Å²) in [7, 11) is 0. The van der Waals surface area contributed by atoms with Crippen molar-refractivity contribution in [1.29, 1.82) is 0 Å². The van der Waals surface area contributed by atoms with Crippen LogP contribution in [0.25, 0.3) is 0 Å². The molecule has 15 heavy (non-hydrogen) atoms. The van der Waals surface area contributed by atoms with Crippen molar-refractivity contribution in [1.82, 2.24) is 4.98 Å². The minimum Gasteiger partial charge on any atom is -0.388 e. The predicted octanol–water partition coefficient (Wildman–Crippen LogP) is 3.18. The van der Waals surface area contributed by atoms with Gasteiger partial charge in [-0.3, -0.25) is 4.98 Å². The van der Waals surface area contributed by atoms with E-state index >= 15 is 0 Å². The highest BCUT2D eigenvalue weighted by atomic mass is 79.9. The van der Waals surface area contributed by atoms with Gasteiger partial charge in [-0.1, -0.05) is 0 Å². The van der Waals surface area contributed by atoms with E-state index in [1.165, 1.54) is 4.88 Å². The molecule has 0 spiro atoms. The molecule has 78 valence electrons. The van der Waals surface area contributed by atoms with E-state index in [0.717, 1.165) is 9.35 Å². The van der Waals surface area contributed by atoms with Gasteiger partial charge in [0.05, 0.1) is 9.89 Å². The van der Waals surface area contributed by atoms with Gasteiger partial charge >= 0.3 is 0 Å². The largest absolute Gasteiger partial charge is 0.388 e. The fraction of sp³-hybridized carbons (Fsp3) is 0.182. The molecule has 2 rings (SSSR count). The number of hydrogen-bond acceptors (Lipinski definition) is 3. The first-order chi connectivity index (χ1) is 7.25. The molecule has 2 aromatic rings. The molecule has 0 aliphatic heterocycles. The van der Waals surface area contributed by atoms with Crippen LogP contribution in [0.15, 0.2) is 40.4 Å². The molecule has 0 bridgehead atoms. The number of nitrogens with zero attached hydrogens (tertiary/aromatic N) is 1. The lowest BCUT2D eigenvalue weighted by Gasteiger charge is -2.08. The Morgan fingerprint density at radius 2 is 2.00 bits per heavy atom. The Morgan fingerprint density at radius 3 is 2.60 bits per heavy atom. The minimum atomic E-state index is -0.446. The van der Waals surface area contributed by atoms with Crippen molar-refractivity contribution in [2.24, 2.45) is 0 Å². The molecule has 0 saturated carbocycles. The molecule has 2 aromatic heterocycles. The fourth-order valence-corrected chi connectivity index (χ4v) is 2.88. The number of rotatable bonds is 3. The van der Waals surface area contributed by atoms with Gasteiger partial charge in [-0.25, -0.2) is 0 Å². The summed E-state index contributed by atoms with van der Waals surface area (Å²) in [5.41, 5.74) is 0.912. The van der Waals surface area contributed by atoms with Crippen molar-refractivity contribution < 1.29 is 5.11 Å². The zero-order valence-electron chi connectivity index (χ0n) is 7.93. The molecule has 0 saturated heterocycles. The monoisotopic (exact) mass is 283 g/mol. The number of halogens is 1. The average Bonchev–Trinajstić information content (AvgIpc) is 2.65. The van der Waals surface area contributed by atoms with Gasteiger partial charge in [-0.2, -0.15) is 0 Å². The van der Waals surface area contributed by atoms with E-state index < -0.39 is 6.10 Å². The van der Waals surface area contributed by atoms with Crippen LogP contribution < -0.4 is 0 Å². The summed E-state index contributed by atoms with van der Waals surface area (Å²) in [5, 5.41) is 9.95. The molecule has 0 aliphatic rings. The number of pyridine rings is 1. The van der Waals surface area contributed by atoms with Gasteiger partial charge in [-0.05, 0) is 45.8 Å². The van der Waals surface area contributed by atoms with Crippen LogP contribution in [0.1, 0.15) is 16.5 Å². The summed E-state index contributed by atoms with van der Waals surface area (Å²) >= 11 is 5.06. The van der Waals surface area contributed by atoms with Crippen LogP contribution in [0.4, 0.5) is 0 Å². The van der Waals surface area contributed by atoms with E-state index in [-0.39, 0.29) is 0 Å². The van der Waals surface area contributed by atoms with Gasteiger partial charge in [0.2, 0.25) is 0 Å². The number of hydrogen-bond donors (Lipinski definition) is 1. The van der Waals surface area contributed by atoms with E-state index in [0.29, 0.717) is 6.42 Å². The lowest BCUT2D eigenvalue weighted by Crippen LogP contribution is -2.00. The van der Waals surface area contributed by atoms with Gasteiger partial charge < -0.3 is 5.11 Å². The second kappa shape index (κ2) is 4.88. The smallest absolute Gasteiger partial charge is 0.0839 e. The second-order valence-electron chi connectivity index (χ2n) is 3.21. The van der Waals surface area contributed by atoms with Crippen molar-refractivity contribution in [2.45, 2.75) is 12.5 Å². The normalized spacial score (nSPS) is 12.7. The van der Waals surface area contributed by atoms with Crippen molar-refractivity contribution in [3.63, 3.8) is 0 Å². The molecule has 1 unspecified atom stereocenters. The second-order valence-corrected chi connectivity index (χ2v) is 5.75. The third-order valence-corrected chi connectivity index (χ3v) is 3.76. The Bertz CT molecular complexity index is 429. The van der Waals surface area contributed by atoms with Gasteiger partial charge in [0.1, 0.15) is 0 Å². The van der Waals surface area contributed by atoms with Gasteiger partial charge in [0.25, 0.3) is 0 Å². The highest BCUT2D eigenvalue weighted by Crippen LogP contribution is 2.26. The van der Waals surface area contributed by atoms with Crippen LogP contribution in [-0.2, 0) is 6.42 Å². The van der Waals surface area contributed by atoms with Crippen molar-refractivity contribution in [3.05, 3.63) is 50.9 Å². The van der Waals surface area contributed by atoms with Gasteiger partial charge in [-0.15, -0.1) is 11.3 Å². The standard InChI is InChI=1S/C11H10BrNOS/c12-11-2-1-9(15-11)7-10(14)8-3-5-13-6-4-8/h1-6,10,14H,7H2. The fourth-order valence-electron chi connectivity index (χ4n) is 1.36. The summed E-state index contributed by atoms with van der Waals surface area (Å²) < 4.78 is 1.10. The van der Waals surface area contributed by atoms with Crippen molar-refractivity contribution in [2.75, 3.05) is 0 Å². The molecule has 0 amide bonds. The first-order valence-corrected chi connectivity index (χ1v) is 6.19. The molecule has 0 aromatic carbocycles. The molecule has 0 radical (unpaired) electrons. The van der Waals surface area contributed by atoms with Gasteiger partial charge in [0.15, 0.2) is 0 Å².